The molecule has 0 spiro atoms. The Bertz CT molecular complexity index is 465. The molecule has 0 fully saturated rings. The van der Waals surface area contributed by atoms with E-state index < -0.39 is 5.60 Å². The van der Waals surface area contributed by atoms with Gasteiger partial charge in [-0.15, -0.1) is 0 Å². The highest BCUT2D eigenvalue weighted by atomic mass is 16.5. The van der Waals surface area contributed by atoms with Crippen molar-refractivity contribution in [3.63, 3.8) is 0 Å². The van der Waals surface area contributed by atoms with Crippen molar-refractivity contribution in [2.24, 2.45) is 5.92 Å². The third-order valence-electron chi connectivity index (χ3n) is 4.05. The minimum atomic E-state index is -0.488. The number of carbonyl (C=O) groups excluding carboxylic acids is 3. The summed E-state index contributed by atoms with van der Waals surface area (Å²) in [6.07, 6.45) is 3.47. The van der Waals surface area contributed by atoms with Gasteiger partial charge in [0.15, 0.2) is 0 Å². The molecular formula is C17H28N2O4. The monoisotopic (exact) mass is 324 g/mol. The highest BCUT2D eigenvalue weighted by Gasteiger charge is 2.25. The number of ether oxygens (including phenoxy) is 1. The van der Waals surface area contributed by atoms with Crippen molar-refractivity contribution in [1.29, 1.82) is 0 Å². The maximum absolute atomic E-state index is 11.9. The molecule has 0 aliphatic carbocycles. The van der Waals surface area contributed by atoms with Gasteiger partial charge in [0.1, 0.15) is 0 Å². The van der Waals surface area contributed by atoms with Crippen molar-refractivity contribution in [2.75, 3.05) is 13.2 Å². The quantitative estimate of drug-likeness (QED) is 0.654. The second-order valence-electron chi connectivity index (χ2n) is 6.87. The summed E-state index contributed by atoms with van der Waals surface area (Å²) in [5.74, 6) is -0.207. The van der Waals surface area contributed by atoms with E-state index in [1.54, 1.807) is 0 Å². The SMILES string of the molecule is CC(C)C(C)NC(=O)CCC(C)(C)OCCN1C(=O)C=CC1=O. The van der Waals surface area contributed by atoms with Crippen LogP contribution in [-0.4, -0.2) is 47.4 Å². The number of nitrogens with zero attached hydrogens (tertiary/aromatic N) is 1. The second-order valence-corrected chi connectivity index (χ2v) is 6.87. The van der Waals surface area contributed by atoms with Gasteiger partial charge in [0.25, 0.3) is 11.8 Å². The van der Waals surface area contributed by atoms with Gasteiger partial charge < -0.3 is 10.1 Å². The summed E-state index contributed by atoms with van der Waals surface area (Å²) in [6.45, 7) is 10.4. The maximum Gasteiger partial charge on any atom is 0.253 e. The maximum atomic E-state index is 11.9. The van der Waals surface area contributed by atoms with E-state index >= 15 is 0 Å². The molecule has 1 heterocycles. The van der Waals surface area contributed by atoms with Crippen molar-refractivity contribution in [2.45, 2.75) is 59.1 Å². The van der Waals surface area contributed by atoms with Crippen LogP contribution in [0.3, 0.4) is 0 Å². The number of hydrogen-bond acceptors (Lipinski definition) is 4. The van der Waals surface area contributed by atoms with E-state index in [1.165, 1.54) is 12.2 Å². The first-order chi connectivity index (χ1) is 10.6. The zero-order valence-electron chi connectivity index (χ0n) is 14.7. The molecular weight excluding hydrogens is 296 g/mol. The largest absolute Gasteiger partial charge is 0.374 e. The van der Waals surface area contributed by atoms with E-state index in [-0.39, 0.29) is 36.9 Å². The predicted octanol–water partition coefficient (Wildman–Crippen LogP) is 1.65. The molecule has 0 saturated carbocycles. The second kappa shape index (κ2) is 8.24. The van der Waals surface area contributed by atoms with Gasteiger partial charge in [0.2, 0.25) is 5.91 Å². The van der Waals surface area contributed by atoms with E-state index in [1.807, 2.05) is 20.8 Å². The highest BCUT2D eigenvalue weighted by molar-refractivity contribution is 6.12. The Hall–Kier alpha value is -1.69. The minimum absolute atomic E-state index is 0.0111. The van der Waals surface area contributed by atoms with Gasteiger partial charge in [-0.3, -0.25) is 19.3 Å². The molecule has 0 bridgehead atoms. The Morgan fingerprint density at radius 2 is 1.78 bits per heavy atom. The van der Waals surface area contributed by atoms with E-state index in [0.29, 0.717) is 18.8 Å². The number of rotatable bonds is 9. The lowest BCUT2D eigenvalue weighted by molar-refractivity contribution is -0.138. The van der Waals surface area contributed by atoms with Crippen molar-refractivity contribution in [3.05, 3.63) is 12.2 Å². The average Bonchev–Trinajstić information content (AvgIpc) is 2.77. The van der Waals surface area contributed by atoms with Crippen LogP contribution in [0.15, 0.2) is 12.2 Å². The zero-order chi connectivity index (χ0) is 17.6. The third-order valence-corrected chi connectivity index (χ3v) is 4.05. The molecule has 1 rings (SSSR count). The Balaban J connectivity index is 2.29. The van der Waals surface area contributed by atoms with Crippen LogP contribution in [-0.2, 0) is 19.1 Å². The number of amides is 3. The Morgan fingerprint density at radius 1 is 1.22 bits per heavy atom. The van der Waals surface area contributed by atoms with Crippen LogP contribution in [0.4, 0.5) is 0 Å². The average molecular weight is 324 g/mol. The molecule has 0 aromatic heterocycles. The molecule has 0 saturated heterocycles. The smallest absolute Gasteiger partial charge is 0.253 e. The molecule has 130 valence electrons. The van der Waals surface area contributed by atoms with Gasteiger partial charge in [0.05, 0.1) is 18.8 Å². The molecule has 1 N–H and O–H groups in total. The van der Waals surface area contributed by atoms with Crippen LogP contribution < -0.4 is 5.32 Å². The van der Waals surface area contributed by atoms with Crippen molar-refractivity contribution >= 4 is 17.7 Å². The molecule has 23 heavy (non-hydrogen) atoms. The molecule has 6 heteroatoms. The first kappa shape index (κ1) is 19.4. The summed E-state index contributed by atoms with van der Waals surface area (Å²) >= 11 is 0. The Kier molecular flexibility index (Phi) is 6.94. The van der Waals surface area contributed by atoms with Gasteiger partial charge in [0, 0.05) is 24.6 Å². The standard InChI is InChI=1S/C17H28N2O4/c1-12(2)13(3)18-14(20)8-9-17(4,5)23-11-10-19-15(21)6-7-16(19)22/h6-7,12-13H,8-11H2,1-5H3,(H,18,20). The molecule has 1 aliphatic heterocycles. The van der Waals surface area contributed by atoms with Gasteiger partial charge in [-0.1, -0.05) is 13.8 Å². The van der Waals surface area contributed by atoms with Gasteiger partial charge in [-0.2, -0.15) is 0 Å². The summed E-state index contributed by atoms with van der Waals surface area (Å²) in [5.41, 5.74) is -0.488. The van der Waals surface area contributed by atoms with E-state index in [2.05, 4.69) is 19.2 Å². The summed E-state index contributed by atoms with van der Waals surface area (Å²) in [5, 5.41) is 2.96. The molecule has 1 aliphatic rings. The van der Waals surface area contributed by atoms with Crippen molar-refractivity contribution in [1.82, 2.24) is 10.2 Å². The lowest BCUT2D eigenvalue weighted by Crippen LogP contribution is -2.38. The lowest BCUT2D eigenvalue weighted by Gasteiger charge is -2.27. The normalized spacial score (nSPS) is 16.3. The van der Waals surface area contributed by atoms with Crippen LogP contribution in [0.5, 0.6) is 0 Å². The minimum Gasteiger partial charge on any atom is -0.374 e. The number of hydrogen-bond donors (Lipinski definition) is 1. The fourth-order valence-corrected chi connectivity index (χ4v) is 2.04. The third kappa shape index (κ3) is 6.52. The first-order valence-electron chi connectivity index (χ1n) is 8.09. The van der Waals surface area contributed by atoms with Crippen LogP contribution in [0.1, 0.15) is 47.5 Å². The number of imide groups is 1. The van der Waals surface area contributed by atoms with Crippen molar-refractivity contribution in [3.8, 4) is 0 Å². The Labute approximate surface area is 138 Å². The van der Waals surface area contributed by atoms with Crippen LogP contribution in [0.25, 0.3) is 0 Å². The lowest BCUT2D eigenvalue weighted by atomic mass is 10.0. The molecule has 0 aromatic rings. The molecule has 1 atom stereocenters. The van der Waals surface area contributed by atoms with Gasteiger partial charge >= 0.3 is 0 Å². The molecule has 0 aromatic carbocycles. The fourth-order valence-electron chi connectivity index (χ4n) is 2.04. The van der Waals surface area contributed by atoms with Crippen LogP contribution in [0, 0.1) is 5.92 Å². The van der Waals surface area contributed by atoms with Crippen LogP contribution >= 0.6 is 0 Å². The van der Waals surface area contributed by atoms with E-state index in [0.717, 1.165) is 4.90 Å². The molecule has 6 nitrogen and oxygen atoms in total. The predicted molar refractivity (Wildman–Crippen MR) is 87.6 cm³/mol. The fraction of sp³-hybridized carbons (Fsp3) is 0.706. The van der Waals surface area contributed by atoms with Gasteiger partial charge in [-0.25, -0.2) is 0 Å². The van der Waals surface area contributed by atoms with Crippen molar-refractivity contribution < 1.29 is 19.1 Å². The van der Waals surface area contributed by atoms with Gasteiger partial charge in [-0.05, 0) is 33.1 Å². The summed E-state index contributed by atoms with van der Waals surface area (Å²) in [6, 6.07) is 0.145. The Morgan fingerprint density at radius 3 is 2.30 bits per heavy atom. The first-order valence-corrected chi connectivity index (χ1v) is 8.09. The van der Waals surface area contributed by atoms with E-state index in [9.17, 15) is 14.4 Å². The molecule has 3 amide bonds. The van der Waals surface area contributed by atoms with Crippen LogP contribution in [0.2, 0.25) is 0 Å². The summed E-state index contributed by atoms with van der Waals surface area (Å²) < 4.78 is 5.74. The summed E-state index contributed by atoms with van der Waals surface area (Å²) in [7, 11) is 0. The number of nitrogens with one attached hydrogen (secondary N) is 1. The highest BCUT2D eigenvalue weighted by Crippen LogP contribution is 2.17. The topological polar surface area (TPSA) is 75.7 Å². The summed E-state index contributed by atoms with van der Waals surface area (Å²) in [4.78, 5) is 35.9. The van der Waals surface area contributed by atoms with E-state index in [4.69, 9.17) is 4.74 Å². The zero-order valence-corrected chi connectivity index (χ0v) is 14.7. The molecule has 1 unspecified atom stereocenters. The number of carbonyl (C=O) groups is 3. The molecule has 0 radical (unpaired) electrons.